The second-order valence-corrected chi connectivity index (χ2v) is 6.08. The Morgan fingerprint density at radius 3 is 2.83 bits per heavy atom. The van der Waals surface area contributed by atoms with Crippen molar-refractivity contribution in [2.45, 2.75) is 39.2 Å². The van der Waals surface area contributed by atoms with Crippen molar-refractivity contribution in [2.75, 3.05) is 5.32 Å². The molecule has 5 heteroatoms. The van der Waals surface area contributed by atoms with Crippen LogP contribution in [0.25, 0.3) is 0 Å². The van der Waals surface area contributed by atoms with Crippen molar-refractivity contribution in [1.82, 2.24) is 0 Å². The van der Waals surface area contributed by atoms with E-state index in [1.165, 1.54) is 11.3 Å². The molecule has 0 spiro atoms. The topological polar surface area (TPSA) is 78.9 Å². The first-order valence-electron chi connectivity index (χ1n) is 6.08. The number of anilines is 1. The molecule has 1 atom stereocenters. The molecule has 1 unspecified atom stereocenters. The van der Waals surface area contributed by atoms with Crippen LogP contribution in [0.2, 0.25) is 0 Å². The third kappa shape index (κ3) is 2.71. The molecular weight excluding hydrogens is 246 g/mol. The smallest absolute Gasteiger partial charge is 0.226 e. The summed E-state index contributed by atoms with van der Waals surface area (Å²) in [6.07, 6.45) is 2.61. The zero-order valence-corrected chi connectivity index (χ0v) is 11.4. The van der Waals surface area contributed by atoms with E-state index in [4.69, 9.17) is 11.0 Å². The molecule has 1 saturated carbocycles. The molecule has 96 valence electrons. The van der Waals surface area contributed by atoms with Crippen molar-refractivity contribution in [3.8, 4) is 6.07 Å². The number of nitriles is 1. The summed E-state index contributed by atoms with van der Waals surface area (Å²) in [5.41, 5.74) is 7.44. The average molecular weight is 263 g/mol. The summed E-state index contributed by atoms with van der Waals surface area (Å²) in [6, 6.07) is 2.10. The summed E-state index contributed by atoms with van der Waals surface area (Å²) in [5.74, 6) is 0.421. The van der Waals surface area contributed by atoms with Crippen molar-refractivity contribution >= 4 is 22.2 Å². The Bertz CT molecular complexity index is 511. The van der Waals surface area contributed by atoms with E-state index in [-0.39, 0.29) is 11.9 Å². The Kier molecular flexibility index (Phi) is 3.69. The molecule has 0 aromatic carbocycles. The number of amides is 1. The summed E-state index contributed by atoms with van der Waals surface area (Å²) in [5, 5.41) is 12.6. The number of nitrogens with zero attached hydrogens (tertiary/aromatic N) is 1. The fourth-order valence-corrected chi connectivity index (χ4v) is 2.96. The lowest BCUT2D eigenvalue weighted by Gasteiger charge is -2.09. The number of nitrogens with two attached hydrogens (primary N) is 1. The van der Waals surface area contributed by atoms with Crippen LogP contribution in [0.5, 0.6) is 0 Å². The fourth-order valence-electron chi connectivity index (χ4n) is 1.93. The Hall–Kier alpha value is -1.38. The maximum atomic E-state index is 11.8. The summed E-state index contributed by atoms with van der Waals surface area (Å²) in [6.45, 7) is 3.85. The van der Waals surface area contributed by atoms with Gasteiger partial charge in [0.15, 0.2) is 0 Å². The summed E-state index contributed by atoms with van der Waals surface area (Å²) in [4.78, 5) is 12.9. The standard InChI is InChI=1S/C13H17N3OS/c1-7-8(2)18-13(10(7)6-14)16-12(17)5-11(15)9-3-4-9/h9,11H,3-5,15H2,1-2H3,(H,16,17). The number of hydrogen-bond acceptors (Lipinski definition) is 4. The minimum absolute atomic E-state index is 0.0438. The lowest BCUT2D eigenvalue weighted by Crippen LogP contribution is -2.28. The molecule has 1 aliphatic rings. The van der Waals surface area contributed by atoms with Crippen LogP contribution in [0.3, 0.4) is 0 Å². The van der Waals surface area contributed by atoms with Crippen molar-refractivity contribution in [3.63, 3.8) is 0 Å². The third-order valence-electron chi connectivity index (χ3n) is 3.40. The minimum Gasteiger partial charge on any atom is -0.327 e. The second kappa shape index (κ2) is 5.09. The molecule has 1 heterocycles. The fraction of sp³-hybridized carbons (Fsp3) is 0.538. The molecule has 3 N–H and O–H groups in total. The summed E-state index contributed by atoms with van der Waals surface area (Å²) in [7, 11) is 0. The van der Waals surface area contributed by atoms with Gasteiger partial charge in [-0.05, 0) is 38.2 Å². The molecule has 0 aliphatic heterocycles. The summed E-state index contributed by atoms with van der Waals surface area (Å²) < 4.78 is 0. The molecule has 0 bridgehead atoms. The van der Waals surface area contributed by atoms with Gasteiger partial charge in [0.1, 0.15) is 11.1 Å². The molecule has 1 aromatic rings. The van der Waals surface area contributed by atoms with E-state index >= 15 is 0 Å². The zero-order chi connectivity index (χ0) is 13.3. The van der Waals surface area contributed by atoms with Gasteiger partial charge in [-0.3, -0.25) is 4.79 Å². The van der Waals surface area contributed by atoms with Gasteiger partial charge in [0.05, 0.1) is 5.56 Å². The highest BCUT2D eigenvalue weighted by molar-refractivity contribution is 7.16. The van der Waals surface area contributed by atoms with Gasteiger partial charge in [-0.2, -0.15) is 5.26 Å². The number of hydrogen-bond donors (Lipinski definition) is 2. The van der Waals surface area contributed by atoms with Gasteiger partial charge in [0, 0.05) is 17.3 Å². The monoisotopic (exact) mass is 263 g/mol. The Balaban J connectivity index is 2.02. The number of carbonyl (C=O) groups is 1. The maximum Gasteiger partial charge on any atom is 0.226 e. The molecule has 1 aromatic heterocycles. The molecule has 18 heavy (non-hydrogen) atoms. The van der Waals surface area contributed by atoms with Gasteiger partial charge in [-0.25, -0.2) is 0 Å². The normalized spacial score (nSPS) is 16.1. The number of aryl methyl sites for hydroxylation is 1. The third-order valence-corrected chi connectivity index (χ3v) is 4.52. The van der Waals surface area contributed by atoms with Crippen LogP contribution in [0.1, 0.15) is 35.3 Å². The Morgan fingerprint density at radius 1 is 1.61 bits per heavy atom. The molecule has 0 saturated heterocycles. The van der Waals surface area contributed by atoms with Crippen molar-refractivity contribution in [1.29, 1.82) is 5.26 Å². The van der Waals surface area contributed by atoms with Crippen LogP contribution >= 0.6 is 11.3 Å². The number of thiophene rings is 1. The van der Waals surface area contributed by atoms with Gasteiger partial charge in [0.2, 0.25) is 5.91 Å². The van der Waals surface area contributed by atoms with E-state index in [2.05, 4.69) is 11.4 Å². The highest BCUT2D eigenvalue weighted by atomic mass is 32.1. The zero-order valence-electron chi connectivity index (χ0n) is 10.6. The lowest BCUT2D eigenvalue weighted by molar-refractivity contribution is -0.116. The van der Waals surface area contributed by atoms with Crippen LogP contribution in [-0.2, 0) is 4.79 Å². The first kappa shape index (κ1) is 13.1. The van der Waals surface area contributed by atoms with Crippen LogP contribution in [0.4, 0.5) is 5.00 Å². The van der Waals surface area contributed by atoms with Crippen molar-refractivity contribution in [2.24, 2.45) is 11.7 Å². The Labute approximate surface area is 111 Å². The largest absolute Gasteiger partial charge is 0.327 e. The molecule has 2 rings (SSSR count). The van der Waals surface area contributed by atoms with Crippen LogP contribution in [-0.4, -0.2) is 11.9 Å². The van der Waals surface area contributed by atoms with E-state index in [0.717, 1.165) is 23.3 Å². The quantitative estimate of drug-likeness (QED) is 0.874. The maximum absolute atomic E-state index is 11.8. The molecule has 1 aliphatic carbocycles. The number of rotatable bonds is 4. The van der Waals surface area contributed by atoms with Crippen molar-refractivity contribution < 1.29 is 4.79 Å². The summed E-state index contributed by atoms with van der Waals surface area (Å²) >= 11 is 1.45. The van der Waals surface area contributed by atoms with Gasteiger partial charge in [-0.1, -0.05) is 0 Å². The highest BCUT2D eigenvalue weighted by Crippen LogP contribution is 2.34. The first-order valence-corrected chi connectivity index (χ1v) is 6.90. The second-order valence-electron chi connectivity index (χ2n) is 4.85. The van der Waals surface area contributed by atoms with E-state index in [1.807, 2.05) is 13.8 Å². The predicted molar refractivity (Wildman–Crippen MR) is 72.5 cm³/mol. The van der Waals surface area contributed by atoms with Gasteiger partial charge in [-0.15, -0.1) is 11.3 Å². The molecule has 1 fully saturated rings. The minimum atomic E-state index is -0.0906. The SMILES string of the molecule is Cc1sc(NC(=O)CC(N)C2CC2)c(C#N)c1C. The van der Waals surface area contributed by atoms with Gasteiger partial charge in [0.25, 0.3) is 0 Å². The Morgan fingerprint density at radius 2 is 2.28 bits per heavy atom. The van der Waals surface area contributed by atoms with E-state index < -0.39 is 0 Å². The molecule has 4 nitrogen and oxygen atoms in total. The molecule has 0 radical (unpaired) electrons. The predicted octanol–water partition coefficient (Wildman–Crippen LogP) is 2.30. The lowest BCUT2D eigenvalue weighted by atomic mass is 10.1. The van der Waals surface area contributed by atoms with Crippen LogP contribution < -0.4 is 11.1 Å². The molecular formula is C13H17N3OS. The first-order chi connectivity index (χ1) is 8.52. The van der Waals surface area contributed by atoms with Crippen LogP contribution in [0.15, 0.2) is 0 Å². The molecule has 1 amide bonds. The van der Waals surface area contributed by atoms with Gasteiger partial charge >= 0.3 is 0 Å². The van der Waals surface area contributed by atoms with E-state index in [0.29, 0.717) is 22.9 Å². The average Bonchev–Trinajstić information content (AvgIpc) is 3.09. The van der Waals surface area contributed by atoms with Gasteiger partial charge < -0.3 is 11.1 Å². The van der Waals surface area contributed by atoms with E-state index in [1.54, 1.807) is 0 Å². The highest BCUT2D eigenvalue weighted by Gasteiger charge is 2.30. The van der Waals surface area contributed by atoms with Crippen molar-refractivity contribution in [3.05, 3.63) is 16.0 Å². The number of nitrogens with one attached hydrogen (secondary N) is 1. The van der Waals surface area contributed by atoms with E-state index in [9.17, 15) is 4.79 Å². The number of carbonyl (C=O) groups excluding carboxylic acids is 1. The van der Waals surface area contributed by atoms with Crippen LogP contribution in [0, 0.1) is 31.1 Å².